The van der Waals surface area contributed by atoms with Gasteiger partial charge in [-0.2, -0.15) is 5.10 Å². The van der Waals surface area contributed by atoms with Crippen LogP contribution in [0.4, 0.5) is 5.82 Å². The van der Waals surface area contributed by atoms with Crippen LogP contribution in [0.15, 0.2) is 30.3 Å². The number of carbonyl (C=O) groups excluding carboxylic acids is 1. The van der Waals surface area contributed by atoms with Crippen LogP contribution in [0.5, 0.6) is 0 Å². The van der Waals surface area contributed by atoms with Crippen LogP contribution in [0.3, 0.4) is 0 Å². The van der Waals surface area contributed by atoms with Gasteiger partial charge in [0.05, 0.1) is 12.2 Å². The van der Waals surface area contributed by atoms with Gasteiger partial charge < -0.3 is 20.6 Å². The summed E-state index contributed by atoms with van der Waals surface area (Å²) in [5, 5.41) is 17.1. The fraction of sp³-hybridized carbons (Fsp3) is 0.524. The second-order valence-corrected chi connectivity index (χ2v) is 8.72. The number of nitrogens with one attached hydrogen (secondary N) is 1. The lowest BCUT2D eigenvalue weighted by Gasteiger charge is -2.28. The first-order valence-electron chi connectivity index (χ1n) is 9.95. The van der Waals surface area contributed by atoms with Crippen LogP contribution in [-0.4, -0.2) is 70.3 Å². The lowest BCUT2D eigenvalue weighted by molar-refractivity contribution is 0.0712. The van der Waals surface area contributed by atoms with E-state index in [9.17, 15) is 9.90 Å². The van der Waals surface area contributed by atoms with Crippen molar-refractivity contribution in [1.29, 1.82) is 0 Å². The highest BCUT2D eigenvalue weighted by molar-refractivity contribution is 6.01. The van der Waals surface area contributed by atoms with Crippen LogP contribution in [0.2, 0.25) is 0 Å². The SMILES string of the molecule is CC(C)CN1CC2CN(C(=O)c3[nH]nc(N)c3-c3ccccc3)CC2(CO)C1. The number of hydrogen-bond donors (Lipinski definition) is 3. The number of nitrogen functional groups attached to an aromatic ring is 1. The Bertz CT molecular complexity index is 850. The smallest absolute Gasteiger partial charge is 0.272 e. The Morgan fingerprint density at radius 3 is 2.71 bits per heavy atom. The molecule has 2 aliphatic rings. The molecule has 7 heteroatoms. The molecule has 1 aromatic heterocycles. The van der Waals surface area contributed by atoms with Gasteiger partial charge in [-0.1, -0.05) is 44.2 Å². The molecule has 2 aromatic rings. The van der Waals surface area contributed by atoms with E-state index < -0.39 is 0 Å². The molecule has 2 atom stereocenters. The van der Waals surface area contributed by atoms with Crippen molar-refractivity contribution in [2.75, 3.05) is 45.1 Å². The van der Waals surface area contributed by atoms with E-state index in [-0.39, 0.29) is 17.9 Å². The average Bonchev–Trinajstić information content (AvgIpc) is 3.31. The van der Waals surface area contributed by atoms with Crippen LogP contribution >= 0.6 is 0 Å². The molecule has 4 N–H and O–H groups in total. The molecule has 3 heterocycles. The van der Waals surface area contributed by atoms with Crippen molar-refractivity contribution in [1.82, 2.24) is 20.0 Å². The molecule has 28 heavy (non-hydrogen) atoms. The molecular formula is C21H29N5O2. The van der Waals surface area contributed by atoms with Crippen LogP contribution in [-0.2, 0) is 0 Å². The van der Waals surface area contributed by atoms with E-state index in [0.717, 1.165) is 25.2 Å². The third-order valence-electron chi connectivity index (χ3n) is 6.13. The maximum atomic E-state index is 13.3. The summed E-state index contributed by atoms with van der Waals surface area (Å²) in [4.78, 5) is 17.6. The first kappa shape index (κ1) is 19.0. The van der Waals surface area contributed by atoms with Crippen LogP contribution < -0.4 is 5.73 Å². The molecule has 0 aliphatic carbocycles. The Labute approximate surface area is 165 Å². The number of likely N-dealkylation sites (tertiary alicyclic amines) is 2. The van der Waals surface area contributed by atoms with Gasteiger partial charge in [0.15, 0.2) is 5.82 Å². The van der Waals surface area contributed by atoms with Gasteiger partial charge in [-0.05, 0) is 17.4 Å². The van der Waals surface area contributed by atoms with E-state index in [4.69, 9.17) is 5.73 Å². The molecule has 2 fully saturated rings. The second kappa shape index (κ2) is 7.22. The molecule has 0 saturated carbocycles. The van der Waals surface area contributed by atoms with Gasteiger partial charge in [-0.25, -0.2) is 0 Å². The number of nitrogens with two attached hydrogens (primary N) is 1. The highest BCUT2D eigenvalue weighted by Gasteiger charge is 2.53. The number of aliphatic hydroxyl groups is 1. The first-order chi connectivity index (χ1) is 13.4. The maximum absolute atomic E-state index is 13.3. The van der Waals surface area contributed by atoms with E-state index in [1.54, 1.807) is 0 Å². The van der Waals surface area contributed by atoms with Crippen LogP contribution in [0, 0.1) is 17.3 Å². The number of H-pyrrole nitrogens is 1. The molecule has 2 aliphatic heterocycles. The Hall–Kier alpha value is -2.38. The van der Waals surface area contributed by atoms with Gasteiger partial charge in [0.1, 0.15) is 5.69 Å². The quantitative estimate of drug-likeness (QED) is 0.730. The number of carbonyl (C=O) groups is 1. The summed E-state index contributed by atoms with van der Waals surface area (Å²) in [5.74, 6) is 1.11. The standard InChI is InChI=1S/C21H29N5O2/c1-14(2)8-25-9-16-10-26(12-21(16,11-25)13-27)20(28)18-17(19(22)24-23-18)15-6-4-3-5-7-15/h3-7,14,16,27H,8-13H2,1-2H3,(H3,22,23,24). The topological polar surface area (TPSA) is 98.5 Å². The summed E-state index contributed by atoms with van der Waals surface area (Å²) in [6, 6.07) is 9.61. The van der Waals surface area contributed by atoms with Gasteiger partial charge in [-0.15, -0.1) is 0 Å². The molecule has 7 nitrogen and oxygen atoms in total. The predicted molar refractivity (Wildman–Crippen MR) is 109 cm³/mol. The summed E-state index contributed by atoms with van der Waals surface area (Å²) >= 11 is 0. The van der Waals surface area contributed by atoms with E-state index in [2.05, 4.69) is 28.9 Å². The van der Waals surface area contributed by atoms with Crippen LogP contribution in [0.25, 0.3) is 11.1 Å². The zero-order chi connectivity index (χ0) is 19.9. The van der Waals surface area contributed by atoms with E-state index >= 15 is 0 Å². The van der Waals surface area contributed by atoms with Gasteiger partial charge in [0, 0.05) is 38.1 Å². The molecule has 2 unspecified atom stereocenters. The van der Waals surface area contributed by atoms with Crippen molar-refractivity contribution in [3.05, 3.63) is 36.0 Å². The molecule has 2 saturated heterocycles. The largest absolute Gasteiger partial charge is 0.396 e. The zero-order valence-electron chi connectivity index (χ0n) is 16.6. The normalized spacial score (nSPS) is 24.9. The van der Waals surface area contributed by atoms with Gasteiger partial charge in [-0.3, -0.25) is 9.89 Å². The lowest BCUT2D eigenvalue weighted by Crippen LogP contribution is -2.39. The number of amides is 1. The lowest BCUT2D eigenvalue weighted by atomic mass is 9.82. The maximum Gasteiger partial charge on any atom is 0.272 e. The summed E-state index contributed by atoms with van der Waals surface area (Å²) in [6.45, 7) is 8.54. The van der Waals surface area contributed by atoms with Crippen molar-refractivity contribution in [3.8, 4) is 11.1 Å². The average molecular weight is 383 g/mol. The van der Waals surface area contributed by atoms with Gasteiger partial charge in [0.25, 0.3) is 5.91 Å². The van der Waals surface area contributed by atoms with Crippen molar-refractivity contribution >= 4 is 11.7 Å². The summed E-state index contributed by atoms with van der Waals surface area (Å²) in [6.07, 6.45) is 0. The van der Waals surface area contributed by atoms with E-state index in [0.29, 0.717) is 42.0 Å². The molecule has 1 amide bonds. The predicted octanol–water partition coefficient (Wildman–Crippen LogP) is 1.68. The monoisotopic (exact) mass is 383 g/mol. The Morgan fingerprint density at radius 1 is 1.32 bits per heavy atom. The van der Waals surface area contributed by atoms with Gasteiger partial charge in [0.2, 0.25) is 0 Å². The summed E-state index contributed by atoms with van der Waals surface area (Å²) < 4.78 is 0. The molecule has 0 radical (unpaired) electrons. The number of rotatable bonds is 5. The zero-order valence-corrected chi connectivity index (χ0v) is 16.6. The van der Waals surface area contributed by atoms with E-state index in [1.807, 2.05) is 35.2 Å². The minimum atomic E-state index is -0.233. The molecule has 0 spiro atoms. The highest BCUT2D eigenvalue weighted by Crippen LogP contribution is 2.43. The van der Waals surface area contributed by atoms with Crippen molar-refractivity contribution in [3.63, 3.8) is 0 Å². The number of aromatic nitrogens is 2. The van der Waals surface area contributed by atoms with E-state index in [1.165, 1.54) is 0 Å². The summed E-state index contributed by atoms with van der Waals surface area (Å²) in [7, 11) is 0. The third-order valence-corrected chi connectivity index (χ3v) is 6.13. The minimum absolute atomic E-state index is 0.0966. The summed E-state index contributed by atoms with van der Waals surface area (Å²) in [5.41, 5.74) is 7.78. The Morgan fingerprint density at radius 2 is 2.07 bits per heavy atom. The highest BCUT2D eigenvalue weighted by atomic mass is 16.3. The minimum Gasteiger partial charge on any atom is -0.396 e. The number of nitrogens with zero attached hydrogens (tertiary/aromatic N) is 3. The third kappa shape index (κ3) is 3.18. The number of anilines is 1. The first-order valence-corrected chi connectivity index (χ1v) is 9.95. The number of benzene rings is 1. The van der Waals surface area contributed by atoms with Gasteiger partial charge >= 0.3 is 0 Å². The van der Waals surface area contributed by atoms with Crippen LogP contribution in [0.1, 0.15) is 24.3 Å². The number of aromatic amines is 1. The number of fused-ring (bicyclic) bond motifs is 1. The Kier molecular flexibility index (Phi) is 4.89. The molecule has 0 bridgehead atoms. The van der Waals surface area contributed by atoms with Crippen molar-refractivity contribution in [2.24, 2.45) is 17.3 Å². The molecule has 4 rings (SSSR count). The molecule has 1 aromatic carbocycles. The fourth-order valence-corrected chi connectivity index (χ4v) is 4.89. The Balaban J connectivity index is 1.56. The number of hydrogen-bond acceptors (Lipinski definition) is 5. The van der Waals surface area contributed by atoms with Crippen molar-refractivity contribution in [2.45, 2.75) is 13.8 Å². The molecular weight excluding hydrogens is 354 g/mol. The fourth-order valence-electron chi connectivity index (χ4n) is 4.89. The second-order valence-electron chi connectivity index (χ2n) is 8.72. The number of aliphatic hydroxyl groups excluding tert-OH is 1. The molecule has 150 valence electrons. The van der Waals surface area contributed by atoms with Crippen molar-refractivity contribution < 1.29 is 9.90 Å².